The average Bonchev–Trinajstić information content (AvgIpc) is 2.80. The third-order valence-electron chi connectivity index (χ3n) is 3.26. The van der Waals surface area contributed by atoms with Crippen molar-refractivity contribution in [2.75, 3.05) is 13.7 Å². The lowest BCUT2D eigenvalue weighted by molar-refractivity contribution is 0.0899. The Balaban J connectivity index is 3.14. The van der Waals surface area contributed by atoms with E-state index >= 15 is 0 Å². The Hall–Kier alpha value is -1.05. The van der Waals surface area contributed by atoms with Crippen LogP contribution >= 0.6 is 10.7 Å². The van der Waals surface area contributed by atoms with Crippen LogP contribution in [0.3, 0.4) is 0 Å². The highest BCUT2D eigenvalue weighted by atomic mass is 35.7. The van der Waals surface area contributed by atoms with Gasteiger partial charge in [-0.2, -0.15) is 0 Å². The van der Waals surface area contributed by atoms with Crippen molar-refractivity contribution in [2.45, 2.75) is 44.2 Å². The largest absolute Gasteiger partial charge is 0.383 e. The van der Waals surface area contributed by atoms with Crippen molar-refractivity contribution in [1.82, 2.24) is 9.88 Å². The summed E-state index contributed by atoms with van der Waals surface area (Å²) in [6, 6.07) is 1.28. The molecule has 0 atom stereocenters. The van der Waals surface area contributed by atoms with Crippen molar-refractivity contribution in [2.24, 2.45) is 0 Å². The molecule has 21 heavy (non-hydrogen) atoms. The number of halogens is 1. The lowest BCUT2D eigenvalue weighted by Gasteiger charge is -2.24. The number of carbonyl (C=O) groups excluding carboxylic acids is 1. The van der Waals surface area contributed by atoms with E-state index in [0.717, 1.165) is 6.42 Å². The topological polar surface area (TPSA) is 77.4 Å². The molecule has 0 bridgehead atoms. The SMILES string of the molecule is CCC(C)(C)NC(=O)c1cc(S(=O)(=O)Cl)cn1CCOC. The van der Waals surface area contributed by atoms with Crippen molar-refractivity contribution in [3.05, 3.63) is 18.0 Å². The van der Waals surface area contributed by atoms with Crippen molar-refractivity contribution in [1.29, 1.82) is 0 Å². The summed E-state index contributed by atoms with van der Waals surface area (Å²) >= 11 is 0. The van der Waals surface area contributed by atoms with Gasteiger partial charge in [0, 0.05) is 36.1 Å². The van der Waals surface area contributed by atoms with Gasteiger partial charge in [0.15, 0.2) is 0 Å². The Morgan fingerprint density at radius 2 is 2.10 bits per heavy atom. The maximum Gasteiger partial charge on any atom is 0.268 e. The number of hydrogen-bond acceptors (Lipinski definition) is 4. The minimum absolute atomic E-state index is 0.0975. The van der Waals surface area contributed by atoms with Crippen LogP contribution in [0.4, 0.5) is 0 Å². The second-order valence-electron chi connectivity index (χ2n) is 5.38. The zero-order valence-corrected chi connectivity index (χ0v) is 14.2. The Morgan fingerprint density at radius 1 is 1.48 bits per heavy atom. The fraction of sp³-hybridized carbons (Fsp3) is 0.615. The number of rotatable bonds is 7. The van der Waals surface area contributed by atoms with Crippen LogP contribution in [0, 0.1) is 0 Å². The van der Waals surface area contributed by atoms with Crippen molar-refractivity contribution < 1.29 is 17.9 Å². The number of methoxy groups -OCH3 is 1. The van der Waals surface area contributed by atoms with Gasteiger partial charge in [-0.1, -0.05) is 6.92 Å². The van der Waals surface area contributed by atoms with E-state index in [1.165, 1.54) is 23.9 Å². The third kappa shape index (κ3) is 5.01. The molecule has 120 valence electrons. The molecule has 0 radical (unpaired) electrons. The Labute approximate surface area is 129 Å². The van der Waals surface area contributed by atoms with Crippen LogP contribution in [-0.2, 0) is 20.3 Å². The second kappa shape index (κ2) is 6.81. The molecule has 0 saturated carbocycles. The van der Waals surface area contributed by atoms with Crippen LogP contribution in [0.5, 0.6) is 0 Å². The van der Waals surface area contributed by atoms with Crippen LogP contribution in [0.1, 0.15) is 37.7 Å². The van der Waals surface area contributed by atoms with E-state index in [2.05, 4.69) is 5.32 Å². The molecule has 1 aromatic rings. The summed E-state index contributed by atoms with van der Waals surface area (Å²) in [6.07, 6.45) is 2.09. The standard InChI is InChI=1S/C13H21ClN2O4S/c1-5-13(2,3)15-12(17)11-8-10(21(14,18)19)9-16(11)6-7-20-4/h8-9H,5-7H2,1-4H3,(H,15,17). The molecule has 0 unspecified atom stereocenters. The van der Waals surface area contributed by atoms with Gasteiger partial charge in [0.2, 0.25) is 0 Å². The summed E-state index contributed by atoms with van der Waals surface area (Å²) in [6.45, 7) is 6.46. The fourth-order valence-corrected chi connectivity index (χ4v) is 2.40. The van der Waals surface area contributed by atoms with Gasteiger partial charge in [-0.15, -0.1) is 0 Å². The number of aromatic nitrogens is 1. The summed E-state index contributed by atoms with van der Waals surface area (Å²) in [5.41, 5.74) is -0.138. The Kier molecular flexibility index (Phi) is 5.83. The van der Waals surface area contributed by atoms with Gasteiger partial charge in [-0.05, 0) is 26.3 Å². The minimum atomic E-state index is -3.88. The Bertz CT molecular complexity index is 608. The van der Waals surface area contributed by atoms with Crippen molar-refractivity contribution >= 4 is 25.6 Å². The van der Waals surface area contributed by atoms with E-state index < -0.39 is 9.05 Å². The van der Waals surface area contributed by atoms with E-state index in [0.29, 0.717) is 13.2 Å². The van der Waals surface area contributed by atoms with Crippen LogP contribution in [-0.4, -0.2) is 38.1 Å². The number of amides is 1. The summed E-state index contributed by atoms with van der Waals surface area (Å²) in [5, 5.41) is 2.87. The molecule has 1 aromatic heterocycles. The van der Waals surface area contributed by atoms with Gasteiger partial charge in [-0.3, -0.25) is 4.79 Å². The summed E-state index contributed by atoms with van der Waals surface area (Å²) in [7, 11) is 2.99. The summed E-state index contributed by atoms with van der Waals surface area (Å²) in [4.78, 5) is 12.2. The maximum atomic E-state index is 12.3. The molecule has 0 aliphatic rings. The van der Waals surface area contributed by atoms with E-state index in [1.54, 1.807) is 0 Å². The summed E-state index contributed by atoms with van der Waals surface area (Å²) < 4.78 is 29.3. The van der Waals surface area contributed by atoms with Crippen LogP contribution in [0.2, 0.25) is 0 Å². The van der Waals surface area contributed by atoms with Gasteiger partial charge in [0.25, 0.3) is 15.0 Å². The molecule has 0 aromatic carbocycles. The zero-order valence-electron chi connectivity index (χ0n) is 12.6. The number of nitrogens with one attached hydrogen (secondary N) is 1. The molecule has 0 saturated heterocycles. The van der Waals surface area contributed by atoms with Gasteiger partial charge in [0.05, 0.1) is 6.61 Å². The number of ether oxygens (including phenoxy) is 1. The third-order valence-corrected chi connectivity index (χ3v) is 4.58. The first kappa shape index (κ1) is 18.0. The summed E-state index contributed by atoms with van der Waals surface area (Å²) in [5.74, 6) is -0.343. The van der Waals surface area contributed by atoms with Gasteiger partial charge in [-0.25, -0.2) is 8.42 Å². The van der Waals surface area contributed by atoms with E-state index in [1.807, 2.05) is 20.8 Å². The predicted octanol–water partition coefficient (Wildman–Crippen LogP) is 1.98. The molecule has 8 heteroatoms. The maximum absolute atomic E-state index is 12.3. The van der Waals surface area contributed by atoms with Gasteiger partial charge < -0.3 is 14.6 Å². The van der Waals surface area contributed by atoms with E-state index in [9.17, 15) is 13.2 Å². The quantitative estimate of drug-likeness (QED) is 0.772. The molecule has 1 heterocycles. The molecule has 1 N–H and O–H groups in total. The molecule has 1 rings (SSSR count). The molecule has 1 amide bonds. The first-order valence-electron chi connectivity index (χ1n) is 6.57. The van der Waals surface area contributed by atoms with Gasteiger partial charge >= 0.3 is 0 Å². The van der Waals surface area contributed by atoms with Crippen LogP contribution in [0.15, 0.2) is 17.2 Å². The molecular weight excluding hydrogens is 316 g/mol. The molecule has 0 spiro atoms. The molecule has 0 aliphatic heterocycles. The average molecular weight is 337 g/mol. The Morgan fingerprint density at radius 3 is 2.57 bits per heavy atom. The van der Waals surface area contributed by atoms with Crippen LogP contribution < -0.4 is 5.32 Å². The first-order valence-corrected chi connectivity index (χ1v) is 8.88. The van der Waals surface area contributed by atoms with E-state index in [-0.39, 0.29) is 22.0 Å². The number of nitrogens with zero attached hydrogens (tertiary/aromatic N) is 1. The molecule has 0 aliphatic carbocycles. The lowest BCUT2D eigenvalue weighted by atomic mass is 10.0. The van der Waals surface area contributed by atoms with E-state index in [4.69, 9.17) is 15.4 Å². The number of carbonyl (C=O) groups is 1. The zero-order chi connectivity index (χ0) is 16.3. The molecule has 0 fully saturated rings. The highest BCUT2D eigenvalue weighted by Crippen LogP contribution is 2.19. The highest BCUT2D eigenvalue weighted by Gasteiger charge is 2.24. The lowest BCUT2D eigenvalue weighted by Crippen LogP contribution is -2.43. The number of hydrogen-bond donors (Lipinski definition) is 1. The normalized spacial score (nSPS) is 12.4. The first-order chi connectivity index (χ1) is 9.60. The monoisotopic (exact) mass is 336 g/mol. The molecular formula is C13H21ClN2O4S. The highest BCUT2D eigenvalue weighted by molar-refractivity contribution is 8.13. The second-order valence-corrected chi connectivity index (χ2v) is 7.94. The minimum Gasteiger partial charge on any atom is -0.383 e. The predicted molar refractivity (Wildman–Crippen MR) is 81.2 cm³/mol. The van der Waals surface area contributed by atoms with Crippen LogP contribution in [0.25, 0.3) is 0 Å². The van der Waals surface area contributed by atoms with Crippen molar-refractivity contribution in [3.8, 4) is 0 Å². The smallest absolute Gasteiger partial charge is 0.268 e. The van der Waals surface area contributed by atoms with Gasteiger partial charge in [0.1, 0.15) is 10.6 Å². The fourth-order valence-electron chi connectivity index (χ4n) is 1.64. The molecule has 6 nitrogen and oxygen atoms in total. The van der Waals surface area contributed by atoms with Crippen molar-refractivity contribution in [3.63, 3.8) is 0 Å².